The normalized spacial score (nSPS) is 10.4. The van der Waals surface area contributed by atoms with Gasteiger partial charge in [-0.3, -0.25) is 4.79 Å². The molecule has 0 unspecified atom stereocenters. The van der Waals surface area contributed by atoms with Gasteiger partial charge in [0.1, 0.15) is 10.7 Å². The topological polar surface area (TPSA) is 68.0 Å². The van der Waals surface area contributed by atoms with Crippen LogP contribution in [0.2, 0.25) is 5.02 Å². The second-order valence-corrected chi connectivity index (χ2v) is 5.64. The number of halogens is 2. The second-order valence-electron chi connectivity index (χ2n) is 3.41. The minimum absolute atomic E-state index is 0.283. The van der Waals surface area contributed by atoms with E-state index in [9.17, 15) is 4.79 Å². The van der Waals surface area contributed by atoms with E-state index in [1.54, 1.807) is 23.6 Å². The van der Waals surface area contributed by atoms with Crippen LogP contribution in [0.1, 0.15) is 15.5 Å². The molecule has 0 radical (unpaired) electrons. The zero-order valence-electron chi connectivity index (χ0n) is 9.11. The largest absolute Gasteiger partial charge is 0.325 e. The summed E-state index contributed by atoms with van der Waals surface area (Å²) >= 11 is 10.6. The van der Waals surface area contributed by atoms with Crippen molar-refractivity contribution in [2.45, 2.75) is 6.54 Å². The number of carbonyl (C=O) groups is 1. The first-order valence-corrected chi connectivity index (χ1v) is 7.06. The van der Waals surface area contributed by atoms with Crippen LogP contribution in [0.4, 0.5) is 5.69 Å². The molecular weight excluding hydrogens is 338 g/mol. The van der Waals surface area contributed by atoms with Crippen molar-refractivity contribution in [3.05, 3.63) is 43.8 Å². The molecule has 0 bridgehead atoms. The predicted molar refractivity (Wildman–Crippen MR) is 77.1 cm³/mol. The standard InChI is InChI=1S/C11H9BrClN3OS/c12-7-2-1-6(13)3-8(7)16-11(17)9-5-18-10(4-14)15-9/h1-3,5H,4,14H2,(H,16,17). The Morgan fingerprint density at radius 3 is 3.00 bits per heavy atom. The summed E-state index contributed by atoms with van der Waals surface area (Å²) in [5.74, 6) is -0.283. The van der Waals surface area contributed by atoms with Crippen molar-refractivity contribution >= 4 is 50.5 Å². The minimum atomic E-state index is -0.283. The maximum absolute atomic E-state index is 11.9. The number of aromatic nitrogens is 1. The van der Waals surface area contributed by atoms with Gasteiger partial charge in [-0.15, -0.1) is 11.3 Å². The summed E-state index contributed by atoms with van der Waals surface area (Å²) in [5, 5.41) is 5.69. The van der Waals surface area contributed by atoms with Crippen molar-refractivity contribution in [3.63, 3.8) is 0 Å². The van der Waals surface area contributed by atoms with Gasteiger partial charge < -0.3 is 11.1 Å². The van der Waals surface area contributed by atoms with Gasteiger partial charge in [0.2, 0.25) is 0 Å². The Balaban J connectivity index is 2.18. The first-order chi connectivity index (χ1) is 8.60. The molecule has 0 spiro atoms. The fraction of sp³-hybridized carbons (Fsp3) is 0.0909. The summed E-state index contributed by atoms with van der Waals surface area (Å²) < 4.78 is 0.759. The molecule has 1 aromatic heterocycles. The molecule has 3 N–H and O–H groups in total. The maximum Gasteiger partial charge on any atom is 0.275 e. The highest BCUT2D eigenvalue weighted by atomic mass is 79.9. The minimum Gasteiger partial charge on any atom is -0.325 e. The number of nitrogens with zero attached hydrogens (tertiary/aromatic N) is 1. The van der Waals surface area contributed by atoms with Crippen LogP contribution in [0.5, 0.6) is 0 Å². The first-order valence-electron chi connectivity index (χ1n) is 5.01. The molecule has 2 aromatic rings. The molecule has 0 fully saturated rings. The number of hydrogen-bond donors (Lipinski definition) is 2. The van der Waals surface area contributed by atoms with E-state index in [1.165, 1.54) is 11.3 Å². The van der Waals surface area contributed by atoms with Gasteiger partial charge in [0.25, 0.3) is 5.91 Å². The summed E-state index contributed by atoms with van der Waals surface area (Å²) in [6.07, 6.45) is 0. The van der Waals surface area contributed by atoms with Gasteiger partial charge in [0, 0.05) is 21.4 Å². The van der Waals surface area contributed by atoms with Gasteiger partial charge in [-0.2, -0.15) is 0 Å². The van der Waals surface area contributed by atoms with E-state index in [2.05, 4.69) is 26.2 Å². The number of anilines is 1. The van der Waals surface area contributed by atoms with Crippen molar-refractivity contribution in [3.8, 4) is 0 Å². The first kappa shape index (κ1) is 13.5. The number of thiazole rings is 1. The number of benzene rings is 1. The van der Waals surface area contributed by atoms with Gasteiger partial charge in [0.15, 0.2) is 0 Å². The Hall–Kier alpha value is -0.950. The highest BCUT2D eigenvalue weighted by Gasteiger charge is 2.12. The number of amides is 1. The highest BCUT2D eigenvalue weighted by Crippen LogP contribution is 2.26. The van der Waals surface area contributed by atoms with Crippen LogP contribution in [0.25, 0.3) is 0 Å². The lowest BCUT2D eigenvalue weighted by Gasteiger charge is -2.06. The van der Waals surface area contributed by atoms with Crippen molar-refractivity contribution in [1.82, 2.24) is 4.98 Å². The number of rotatable bonds is 3. The van der Waals surface area contributed by atoms with E-state index in [1.807, 2.05) is 0 Å². The summed E-state index contributed by atoms with van der Waals surface area (Å²) in [6.45, 7) is 0.332. The molecule has 18 heavy (non-hydrogen) atoms. The molecule has 1 amide bonds. The molecule has 1 heterocycles. The number of hydrogen-bond acceptors (Lipinski definition) is 4. The Morgan fingerprint density at radius 1 is 1.56 bits per heavy atom. The lowest BCUT2D eigenvalue weighted by Crippen LogP contribution is -2.13. The van der Waals surface area contributed by atoms with E-state index in [-0.39, 0.29) is 5.91 Å². The van der Waals surface area contributed by atoms with E-state index in [0.29, 0.717) is 22.9 Å². The highest BCUT2D eigenvalue weighted by molar-refractivity contribution is 9.10. The lowest BCUT2D eigenvalue weighted by atomic mass is 10.3. The van der Waals surface area contributed by atoms with E-state index >= 15 is 0 Å². The summed E-state index contributed by atoms with van der Waals surface area (Å²) in [6, 6.07) is 5.17. The van der Waals surface area contributed by atoms with Crippen molar-refractivity contribution in [1.29, 1.82) is 0 Å². The van der Waals surface area contributed by atoms with E-state index < -0.39 is 0 Å². The van der Waals surface area contributed by atoms with Crippen LogP contribution in [0, 0.1) is 0 Å². The molecule has 2 rings (SSSR count). The smallest absolute Gasteiger partial charge is 0.275 e. The summed E-state index contributed by atoms with van der Waals surface area (Å²) in [5.41, 5.74) is 6.41. The molecule has 4 nitrogen and oxygen atoms in total. The summed E-state index contributed by atoms with van der Waals surface area (Å²) in [4.78, 5) is 16.0. The van der Waals surface area contributed by atoms with E-state index in [0.717, 1.165) is 9.48 Å². The molecule has 7 heteroatoms. The molecule has 0 saturated heterocycles. The van der Waals surface area contributed by atoms with Crippen LogP contribution in [-0.2, 0) is 6.54 Å². The molecule has 0 atom stereocenters. The van der Waals surface area contributed by atoms with Crippen molar-refractivity contribution < 1.29 is 4.79 Å². The fourth-order valence-electron chi connectivity index (χ4n) is 1.29. The number of carbonyl (C=O) groups excluding carboxylic acids is 1. The summed E-state index contributed by atoms with van der Waals surface area (Å²) in [7, 11) is 0. The van der Waals surface area contributed by atoms with Gasteiger partial charge >= 0.3 is 0 Å². The Kier molecular flexibility index (Phi) is 4.34. The average Bonchev–Trinajstić information content (AvgIpc) is 2.82. The Morgan fingerprint density at radius 2 is 2.33 bits per heavy atom. The molecule has 1 aromatic carbocycles. The third-order valence-corrected chi connectivity index (χ3v) is 3.93. The van der Waals surface area contributed by atoms with Crippen LogP contribution >= 0.6 is 38.9 Å². The van der Waals surface area contributed by atoms with E-state index in [4.69, 9.17) is 17.3 Å². The average molecular weight is 347 g/mol. The molecule has 94 valence electrons. The fourth-order valence-corrected chi connectivity index (χ4v) is 2.46. The molecule has 0 aliphatic carbocycles. The van der Waals surface area contributed by atoms with Gasteiger partial charge in [0.05, 0.1) is 5.69 Å². The lowest BCUT2D eigenvalue weighted by molar-refractivity contribution is 0.102. The predicted octanol–water partition coefficient (Wildman–Crippen LogP) is 3.27. The third-order valence-electron chi connectivity index (χ3n) is 2.14. The monoisotopic (exact) mass is 345 g/mol. The van der Waals surface area contributed by atoms with Crippen LogP contribution in [0.15, 0.2) is 28.1 Å². The van der Waals surface area contributed by atoms with Crippen LogP contribution < -0.4 is 11.1 Å². The van der Waals surface area contributed by atoms with Gasteiger partial charge in [-0.25, -0.2) is 4.98 Å². The Bertz CT molecular complexity index is 587. The second kappa shape index (κ2) is 5.79. The molecular formula is C11H9BrClN3OS. The van der Waals surface area contributed by atoms with Crippen molar-refractivity contribution in [2.75, 3.05) is 5.32 Å². The quantitative estimate of drug-likeness (QED) is 0.896. The molecule has 0 aliphatic rings. The zero-order chi connectivity index (χ0) is 13.1. The molecule has 0 saturated carbocycles. The Labute approximate surface area is 121 Å². The maximum atomic E-state index is 11.9. The number of nitrogens with one attached hydrogen (secondary N) is 1. The zero-order valence-corrected chi connectivity index (χ0v) is 12.3. The van der Waals surface area contributed by atoms with Crippen LogP contribution in [0.3, 0.4) is 0 Å². The molecule has 0 aliphatic heterocycles. The van der Waals surface area contributed by atoms with Gasteiger partial charge in [-0.1, -0.05) is 11.6 Å². The van der Waals surface area contributed by atoms with Crippen molar-refractivity contribution in [2.24, 2.45) is 5.73 Å². The van der Waals surface area contributed by atoms with Gasteiger partial charge in [-0.05, 0) is 34.1 Å². The number of nitrogens with two attached hydrogens (primary N) is 1. The SMILES string of the molecule is NCc1nc(C(=O)Nc2cc(Cl)ccc2Br)cs1. The van der Waals surface area contributed by atoms with Crippen LogP contribution in [-0.4, -0.2) is 10.9 Å². The third kappa shape index (κ3) is 3.08.